The molecule has 1 heterocycles. The molecular formula is C19H17NO4S. The maximum atomic E-state index is 12.6. The second-order valence-electron chi connectivity index (χ2n) is 5.69. The van der Waals surface area contributed by atoms with Crippen LogP contribution in [0.5, 0.6) is 11.5 Å². The fourth-order valence-electron chi connectivity index (χ4n) is 2.56. The number of carbonyl (C=O) groups is 2. The number of phenols is 1. The van der Waals surface area contributed by atoms with Crippen molar-refractivity contribution in [2.24, 2.45) is 0 Å². The number of ether oxygens (including phenoxy) is 1. The Balaban J connectivity index is 1.83. The quantitative estimate of drug-likeness (QED) is 0.841. The molecule has 3 rings (SSSR count). The number of carbonyl (C=O) groups excluding carboxylic acids is 2. The summed E-state index contributed by atoms with van der Waals surface area (Å²) < 4.78 is 5.06. The summed E-state index contributed by atoms with van der Waals surface area (Å²) in [6, 6.07) is 12.5. The highest BCUT2D eigenvalue weighted by Gasteiger charge is 2.35. The Morgan fingerprint density at radius 3 is 2.72 bits per heavy atom. The Morgan fingerprint density at radius 1 is 1.20 bits per heavy atom. The van der Waals surface area contributed by atoms with Crippen molar-refractivity contribution in [3.63, 3.8) is 0 Å². The van der Waals surface area contributed by atoms with Crippen LogP contribution >= 0.6 is 11.8 Å². The molecule has 0 aromatic heterocycles. The third kappa shape index (κ3) is 3.69. The van der Waals surface area contributed by atoms with Gasteiger partial charge in [-0.3, -0.25) is 14.5 Å². The number of thioether (sulfide) groups is 1. The summed E-state index contributed by atoms with van der Waals surface area (Å²) >= 11 is 0.913. The molecular weight excluding hydrogens is 338 g/mol. The highest BCUT2D eigenvalue weighted by atomic mass is 32.2. The number of phenolic OH excluding ortho intramolecular Hbond substituents is 1. The van der Waals surface area contributed by atoms with Crippen molar-refractivity contribution in [1.29, 1.82) is 0 Å². The van der Waals surface area contributed by atoms with Crippen LogP contribution in [-0.2, 0) is 11.3 Å². The van der Waals surface area contributed by atoms with Crippen molar-refractivity contribution in [2.75, 3.05) is 7.11 Å². The molecule has 0 aliphatic carbocycles. The van der Waals surface area contributed by atoms with Gasteiger partial charge in [-0.2, -0.15) is 0 Å². The number of aryl methyl sites for hydroxylation is 1. The number of benzene rings is 2. The van der Waals surface area contributed by atoms with E-state index in [1.165, 1.54) is 18.1 Å². The Kier molecular flexibility index (Phi) is 4.81. The SMILES string of the molecule is COc1cc(/C=C2/SC(=O)N(Cc3cccc(C)c3)C2=O)ccc1O. The number of rotatable bonds is 4. The standard InChI is InChI=1S/C19H17NO4S/c1-12-4-3-5-14(8-12)11-20-18(22)17(25-19(20)23)10-13-6-7-15(21)16(9-13)24-2/h3-10,21H,11H2,1-2H3/b17-10+. The van der Waals surface area contributed by atoms with Crippen LogP contribution in [0, 0.1) is 6.92 Å². The van der Waals surface area contributed by atoms with Crippen LogP contribution in [-0.4, -0.2) is 28.3 Å². The predicted molar refractivity (Wildman–Crippen MR) is 97.4 cm³/mol. The largest absolute Gasteiger partial charge is 0.504 e. The first-order valence-corrected chi connectivity index (χ1v) is 8.47. The van der Waals surface area contributed by atoms with Gasteiger partial charge in [0.2, 0.25) is 0 Å². The van der Waals surface area contributed by atoms with Crippen LogP contribution in [0.15, 0.2) is 47.4 Å². The van der Waals surface area contributed by atoms with Gasteiger partial charge in [-0.1, -0.05) is 35.9 Å². The molecule has 0 saturated carbocycles. The third-order valence-electron chi connectivity index (χ3n) is 3.80. The van der Waals surface area contributed by atoms with Gasteiger partial charge in [0.25, 0.3) is 11.1 Å². The van der Waals surface area contributed by atoms with E-state index in [4.69, 9.17) is 4.74 Å². The number of nitrogens with zero attached hydrogens (tertiary/aromatic N) is 1. The van der Waals surface area contributed by atoms with Crippen LogP contribution in [0.3, 0.4) is 0 Å². The van der Waals surface area contributed by atoms with Crippen LogP contribution in [0.2, 0.25) is 0 Å². The maximum Gasteiger partial charge on any atom is 0.293 e. The van der Waals surface area contributed by atoms with Gasteiger partial charge in [-0.25, -0.2) is 0 Å². The van der Waals surface area contributed by atoms with Crippen LogP contribution in [0.1, 0.15) is 16.7 Å². The third-order valence-corrected chi connectivity index (χ3v) is 4.71. The molecule has 2 aromatic carbocycles. The minimum Gasteiger partial charge on any atom is -0.504 e. The van der Waals surface area contributed by atoms with E-state index in [-0.39, 0.29) is 23.4 Å². The molecule has 0 unspecified atom stereocenters. The summed E-state index contributed by atoms with van der Waals surface area (Å²) in [7, 11) is 1.45. The minimum atomic E-state index is -0.316. The molecule has 1 aliphatic heterocycles. The Bertz CT molecular complexity index is 875. The summed E-state index contributed by atoms with van der Waals surface area (Å²) in [6.07, 6.45) is 1.63. The number of hydrogen-bond donors (Lipinski definition) is 1. The van der Waals surface area contributed by atoms with Gasteiger partial charge in [-0.05, 0) is 48.0 Å². The van der Waals surface area contributed by atoms with Crippen LogP contribution < -0.4 is 4.74 Å². The first-order valence-electron chi connectivity index (χ1n) is 7.66. The number of hydrogen-bond acceptors (Lipinski definition) is 5. The van der Waals surface area contributed by atoms with Crippen molar-refractivity contribution in [3.8, 4) is 11.5 Å². The molecule has 25 heavy (non-hydrogen) atoms. The van der Waals surface area contributed by atoms with E-state index in [1.54, 1.807) is 18.2 Å². The summed E-state index contributed by atoms with van der Waals surface area (Å²) in [5.74, 6) is 0.0171. The van der Waals surface area contributed by atoms with Gasteiger partial charge in [0.15, 0.2) is 11.5 Å². The molecule has 0 atom stereocenters. The van der Waals surface area contributed by atoms with Crippen molar-refractivity contribution in [1.82, 2.24) is 4.90 Å². The second kappa shape index (κ2) is 7.03. The lowest BCUT2D eigenvalue weighted by molar-refractivity contribution is -0.123. The van der Waals surface area contributed by atoms with Crippen molar-refractivity contribution in [3.05, 3.63) is 64.1 Å². The molecule has 1 saturated heterocycles. The molecule has 5 nitrogen and oxygen atoms in total. The van der Waals surface area contributed by atoms with Crippen molar-refractivity contribution < 1.29 is 19.4 Å². The fourth-order valence-corrected chi connectivity index (χ4v) is 3.40. The van der Waals surface area contributed by atoms with E-state index in [2.05, 4.69) is 0 Å². The van der Waals surface area contributed by atoms with Crippen molar-refractivity contribution in [2.45, 2.75) is 13.5 Å². The van der Waals surface area contributed by atoms with Gasteiger partial charge >= 0.3 is 0 Å². The molecule has 6 heteroatoms. The van der Waals surface area contributed by atoms with Gasteiger partial charge in [0.05, 0.1) is 18.6 Å². The predicted octanol–water partition coefficient (Wildman–Crippen LogP) is 3.95. The Labute approximate surface area is 149 Å². The van der Waals surface area contributed by atoms with Gasteiger partial charge in [0.1, 0.15) is 0 Å². The van der Waals surface area contributed by atoms with E-state index >= 15 is 0 Å². The van der Waals surface area contributed by atoms with Gasteiger partial charge < -0.3 is 9.84 Å². The first kappa shape index (κ1) is 17.1. The van der Waals surface area contributed by atoms with Crippen molar-refractivity contribution >= 4 is 29.0 Å². The number of aromatic hydroxyl groups is 1. The smallest absolute Gasteiger partial charge is 0.293 e. The van der Waals surface area contributed by atoms with E-state index < -0.39 is 0 Å². The monoisotopic (exact) mass is 355 g/mol. The molecule has 2 aromatic rings. The summed E-state index contributed by atoms with van der Waals surface area (Å²) in [5, 5.41) is 9.35. The number of amides is 2. The summed E-state index contributed by atoms with van der Waals surface area (Å²) in [5.41, 5.74) is 2.67. The molecule has 1 aliphatic rings. The highest BCUT2D eigenvalue weighted by molar-refractivity contribution is 8.18. The lowest BCUT2D eigenvalue weighted by atomic mass is 10.1. The summed E-state index contributed by atoms with van der Waals surface area (Å²) in [4.78, 5) is 26.4. The zero-order valence-electron chi connectivity index (χ0n) is 13.9. The zero-order valence-corrected chi connectivity index (χ0v) is 14.7. The average molecular weight is 355 g/mol. The Hall–Kier alpha value is -2.73. The average Bonchev–Trinajstić information content (AvgIpc) is 2.84. The summed E-state index contributed by atoms with van der Waals surface area (Å²) in [6.45, 7) is 2.22. The van der Waals surface area contributed by atoms with E-state index in [9.17, 15) is 14.7 Å². The van der Waals surface area contributed by atoms with E-state index in [0.29, 0.717) is 16.2 Å². The molecule has 1 N–H and O–H groups in total. The minimum absolute atomic E-state index is 0.0206. The van der Waals surface area contributed by atoms with E-state index in [1.807, 2.05) is 31.2 Å². The molecule has 1 fully saturated rings. The van der Waals surface area contributed by atoms with E-state index in [0.717, 1.165) is 22.9 Å². The number of methoxy groups -OCH3 is 1. The normalized spacial score (nSPS) is 15.9. The van der Waals surface area contributed by atoms with Crippen LogP contribution in [0.4, 0.5) is 4.79 Å². The molecule has 0 radical (unpaired) electrons. The molecule has 0 spiro atoms. The molecule has 128 valence electrons. The first-order chi connectivity index (χ1) is 12.0. The fraction of sp³-hybridized carbons (Fsp3) is 0.158. The van der Waals surface area contributed by atoms with Gasteiger partial charge in [0, 0.05) is 0 Å². The lowest BCUT2D eigenvalue weighted by Crippen LogP contribution is -2.27. The molecule has 2 amide bonds. The second-order valence-corrected chi connectivity index (χ2v) is 6.68. The zero-order chi connectivity index (χ0) is 18.0. The lowest BCUT2D eigenvalue weighted by Gasteiger charge is -2.12. The maximum absolute atomic E-state index is 12.6. The number of imide groups is 1. The highest BCUT2D eigenvalue weighted by Crippen LogP contribution is 2.34. The Morgan fingerprint density at radius 2 is 2.00 bits per heavy atom. The topological polar surface area (TPSA) is 66.8 Å². The molecule has 0 bridgehead atoms. The van der Waals surface area contributed by atoms with Crippen LogP contribution in [0.25, 0.3) is 6.08 Å². The van der Waals surface area contributed by atoms with Gasteiger partial charge in [-0.15, -0.1) is 0 Å².